The number of pyridine rings is 1. The van der Waals surface area contributed by atoms with Gasteiger partial charge >= 0.3 is 0 Å². The number of aliphatic hydroxyl groups is 1. The van der Waals surface area contributed by atoms with E-state index in [1.54, 1.807) is 11.3 Å². The Labute approximate surface area is 213 Å². The molecule has 3 N–H and O–H groups in total. The average molecular weight is 497 g/mol. The fourth-order valence-electron chi connectivity index (χ4n) is 5.30. The van der Waals surface area contributed by atoms with Gasteiger partial charge in [0.15, 0.2) is 0 Å². The van der Waals surface area contributed by atoms with Crippen LogP contribution in [0.1, 0.15) is 83.5 Å². The van der Waals surface area contributed by atoms with Gasteiger partial charge in [-0.25, -0.2) is 9.97 Å². The molecule has 2 atom stereocenters. The number of aryl methyl sites for hydroxylation is 2. The minimum Gasteiger partial charge on any atom is -0.390 e. The molecule has 190 valence electrons. The van der Waals surface area contributed by atoms with Gasteiger partial charge in [-0.2, -0.15) is 4.98 Å². The van der Waals surface area contributed by atoms with Crippen LogP contribution >= 0.6 is 11.3 Å². The third-order valence-corrected chi connectivity index (χ3v) is 8.65. The molecule has 0 aliphatic heterocycles. The van der Waals surface area contributed by atoms with Crippen LogP contribution in [0.5, 0.6) is 0 Å². The first-order valence-corrected chi connectivity index (χ1v) is 14.0. The van der Waals surface area contributed by atoms with Crippen molar-refractivity contribution >= 4 is 33.3 Å². The van der Waals surface area contributed by atoms with E-state index in [1.165, 1.54) is 12.8 Å². The van der Waals surface area contributed by atoms with Gasteiger partial charge in [0.1, 0.15) is 16.3 Å². The van der Waals surface area contributed by atoms with Crippen LogP contribution < -0.4 is 10.6 Å². The Kier molecular flexibility index (Phi) is 8.22. The highest BCUT2D eigenvalue weighted by Gasteiger charge is 2.39. The summed E-state index contributed by atoms with van der Waals surface area (Å²) in [5.74, 6) is 1.81. The summed E-state index contributed by atoms with van der Waals surface area (Å²) in [7, 11) is 0. The maximum absolute atomic E-state index is 11.1. The number of hydrogen-bond donors (Lipinski definition) is 3. The zero-order chi connectivity index (χ0) is 25.0. The second-order valence-corrected chi connectivity index (χ2v) is 10.9. The molecule has 0 bridgehead atoms. The molecule has 0 saturated heterocycles. The van der Waals surface area contributed by atoms with Gasteiger partial charge in [-0.05, 0) is 64.4 Å². The van der Waals surface area contributed by atoms with Crippen LogP contribution in [0, 0.1) is 19.8 Å². The van der Waals surface area contributed by atoms with Gasteiger partial charge in [0.05, 0.1) is 27.3 Å². The summed E-state index contributed by atoms with van der Waals surface area (Å²) >= 11 is 1.66. The molecule has 3 aromatic heterocycles. The Balaban J connectivity index is 1.66. The van der Waals surface area contributed by atoms with Crippen molar-refractivity contribution in [3.05, 3.63) is 23.7 Å². The quantitative estimate of drug-likeness (QED) is 0.261. The summed E-state index contributed by atoms with van der Waals surface area (Å²) in [6, 6.07) is 2.29. The molecular weight excluding hydrogens is 456 g/mol. The second kappa shape index (κ2) is 11.2. The normalized spacial score (nSPS) is 18.3. The molecule has 3 heterocycles. The highest BCUT2D eigenvalue weighted by molar-refractivity contribution is 7.21. The largest absolute Gasteiger partial charge is 0.390 e. The molecule has 4 rings (SSSR count). The van der Waals surface area contributed by atoms with Crippen LogP contribution in [0.2, 0.25) is 0 Å². The lowest BCUT2D eigenvalue weighted by molar-refractivity contribution is -0.0236. The second-order valence-electron chi connectivity index (χ2n) is 9.91. The number of hydrogen-bond acceptors (Lipinski definition) is 8. The van der Waals surface area contributed by atoms with Crippen molar-refractivity contribution in [3.8, 4) is 10.6 Å². The third-order valence-electron chi connectivity index (χ3n) is 7.62. The van der Waals surface area contributed by atoms with E-state index in [1.807, 2.05) is 26.1 Å². The number of rotatable bonds is 11. The number of aromatic nitrogens is 4. The molecule has 0 aromatic carbocycles. The number of fused-ring (bicyclic) bond motifs is 1. The van der Waals surface area contributed by atoms with Crippen LogP contribution in [-0.2, 0) is 0 Å². The van der Waals surface area contributed by atoms with Crippen LogP contribution in [0.25, 0.3) is 20.8 Å². The first-order chi connectivity index (χ1) is 16.9. The van der Waals surface area contributed by atoms with Crippen molar-refractivity contribution < 1.29 is 5.11 Å². The Morgan fingerprint density at radius 1 is 1.06 bits per heavy atom. The zero-order valence-corrected chi connectivity index (χ0v) is 22.6. The first-order valence-electron chi connectivity index (χ1n) is 13.2. The first kappa shape index (κ1) is 25.8. The summed E-state index contributed by atoms with van der Waals surface area (Å²) in [6.07, 6.45) is 9.91. The van der Waals surface area contributed by atoms with Gasteiger partial charge in [0.2, 0.25) is 5.95 Å². The predicted molar refractivity (Wildman–Crippen MR) is 146 cm³/mol. The van der Waals surface area contributed by atoms with E-state index in [9.17, 15) is 5.11 Å². The van der Waals surface area contributed by atoms with Gasteiger partial charge in [-0.3, -0.25) is 4.98 Å². The fourth-order valence-corrected chi connectivity index (χ4v) is 6.41. The van der Waals surface area contributed by atoms with Gasteiger partial charge in [-0.15, -0.1) is 11.3 Å². The summed E-state index contributed by atoms with van der Waals surface area (Å²) in [5.41, 5.74) is 3.18. The molecule has 3 aromatic rings. The average Bonchev–Trinajstić information content (AvgIpc) is 3.49. The molecule has 8 heteroatoms. The smallest absolute Gasteiger partial charge is 0.224 e. The Morgan fingerprint density at radius 3 is 2.57 bits per heavy atom. The topological polar surface area (TPSA) is 95.9 Å². The minimum absolute atomic E-state index is 0.267. The summed E-state index contributed by atoms with van der Waals surface area (Å²) in [4.78, 5) is 19.1. The van der Waals surface area contributed by atoms with E-state index in [0.29, 0.717) is 11.9 Å². The number of nitrogens with zero attached hydrogens (tertiary/aromatic N) is 4. The van der Waals surface area contributed by atoms with Crippen LogP contribution in [0.3, 0.4) is 0 Å². The van der Waals surface area contributed by atoms with Gasteiger partial charge < -0.3 is 15.7 Å². The number of anilines is 2. The molecule has 0 amide bonds. The molecule has 1 aliphatic carbocycles. The molecule has 0 spiro atoms. The molecule has 1 aliphatic rings. The molecular formula is C27H40N6OS. The standard InChI is InChI=1S/C27H40N6OS/c1-6-9-10-14-29-26-30-17(4)22(25-32-23-18(5)28-15-13-21(23)35-25)24(33-26)31-20-12-11-19(16-20)27(34,7-2)8-3/h13,15,19-20,34H,6-12,14,16H2,1-5H3,(H2,29,30,31,33). The predicted octanol–water partition coefficient (Wildman–Crippen LogP) is 6.50. The van der Waals surface area contributed by atoms with Crippen molar-refractivity contribution in [2.75, 3.05) is 17.2 Å². The Morgan fingerprint density at radius 2 is 1.86 bits per heavy atom. The van der Waals surface area contributed by atoms with Crippen molar-refractivity contribution in [1.29, 1.82) is 0 Å². The lowest BCUT2D eigenvalue weighted by Crippen LogP contribution is -2.36. The maximum atomic E-state index is 11.1. The highest BCUT2D eigenvalue weighted by Crippen LogP contribution is 2.41. The van der Waals surface area contributed by atoms with E-state index in [0.717, 1.165) is 83.1 Å². The van der Waals surface area contributed by atoms with E-state index in [4.69, 9.17) is 15.0 Å². The number of thiazole rings is 1. The van der Waals surface area contributed by atoms with E-state index in [2.05, 4.69) is 36.4 Å². The summed E-state index contributed by atoms with van der Waals surface area (Å²) in [5, 5.41) is 19.2. The Bertz CT molecular complexity index is 1140. The monoisotopic (exact) mass is 496 g/mol. The number of nitrogens with one attached hydrogen (secondary N) is 2. The van der Waals surface area contributed by atoms with Crippen molar-refractivity contribution in [2.45, 2.75) is 97.6 Å². The van der Waals surface area contributed by atoms with Crippen molar-refractivity contribution in [2.24, 2.45) is 5.92 Å². The fraction of sp³-hybridized carbons (Fsp3) is 0.630. The van der Waals surface area contributed by atoms with E-state index >= 15 is 0 Å². The summed E-state index contributed by atoms with van der Waals surface area (Å²) < 4.78 is 1.12. The van der Waals surface area contributed by atoms with Crippen molar-refractivity contribution in [3.63, 3.8) is 0 Å². The van der Waals surface area contributed by atoms with Crippen LogP contribution in [0.4, 0.5) is 11.8 Å². The molecule has 1 saturated carbocycles. The molecule has 7 nitrogen and oxygen atoms in total. The highest BCUT2D eigenvalue weighted by atomic mass is 32.1. The Hall–Kier alpha value is -2.32. The number of unbranched alkanes of at least 4 members (excludes halogenated alkanes) is 2. The van der Waals surface area contributed by atoms with E-state index in [-0.39, 0.29) is 6.04 Å². The molecule has 0 radical (unpaired) electrons. The van der Waals surface area contributed by atoms with Crippen LogP contribution in [-0.4, -0.2) is 43.2 Å². The van der Waals surface area contributed by atoms with Crippen molar-refractivity contribution in [1.82, 2.24) is 19.9 Å². The van der Waals surface area contributed by atoms with Gasteiger partial charge in [-0.1, -0.05) is 33.6 Å². The van der Waals surface area contributed by atoms with Crippen LogP contribution in [0.15, 0.2) is 12.3 Å². The molecule has 2 unspecified atom stereocenters. The minimum atomic E-state index is -0.579. The van der Waals surface area contributed by atoms with E-state index < -0.39 is 5.60 Å². The maximum Gasteiger partial charge on any atom is 0.224 e. The molecule has 35 heavy (non-hydrogen) atoms. The third kappa shape index (κ3) is 5.59. The summed E-state index contributed by atoms with van der Waals surface area (Å²) in [6.45, 7) is 11.3. The van der Waals surface area contributed by atoms with Gasteiger partial charge in [0.25, 0.3) is 0 Å². The zero-order valence-electron chi connectivity index (χ0n) is 21.8. The lowest BCUT2D eigenvalue weighted by atomic mass is 9.81. The SMILES string of the molecule is CCCCCNc1nc(C)c(-c2nc3c(C)nccc3s2)c(NC2CCC(C(O)(CC)CC)C2)n1. The lowest BCUT2D eigenvalue weighted by Gasteiger charge is -2.32. The molecule has 1 fully saturated rings. The van der Waals surface area contributed by atoms with Gasteiger partial charge in [0, 0.05) is 18.8 Å².